The summed E-state index contributed by atoms with van der Waals surface area (Å²) in [6.07, 6.45) is 0. The van der Waals surface area contributed by atoms with Crippen LogP contribution in [-0.4, -0.2) is 29.0 Å². The number of ether oxygens (including phenoxy) is 1. The molecule has 0 atom stereocenters. The van der Waals surface area contributed by atoms with Gasteiger partial charge in [0.15, 0.2) is 5.76 Å². The van der Waals surface area contributed by atoms with Crippen LogP contribution in [-0.2, 0) is 24.6 Å². The van der Waals surface area contributed by atoms with Gasteiger partial charge in [-0.15, -0.1) is 24.0 Å². The predicted molar refractivity (Wildman–Crippen MR) is 104 cm³/mol. The van der Waals surface area contributed by atoms with Gasteiger partial charge < -0.3 is 14.2 Å². The fraction of sp³-hybridized carbons (Fsp3) is 0.263. The smallest absolute Gasteiger partial charge is 0.238 e. The van der Waals surface area contributed by atoms with Crippen LogP contribution >= 0.6 is 24.0 Å². The highest BCUT2D eigenvalue weighted by Gasteiger charge is 2.16. The highest BCUT2D eigenvalue weighted by molar-refractivity contribution is 6.27. The molecule has 0 bridgehead atoms. The van der Waals surface area contributed by atoms with Gasteiger partial charge in [0.05, 0.1) is 13.7 Å². The number of aromatic nitrogens is 1. The van der Waals surface area contributed by atoms with Gasteiger partial charge in [-0.2, -0.15) is 0 Å². The van der Waals surface area contributed by atoms with Crippen molar-refractivity contribution in [1.82, 2.24) is 10.1 Å². The third-order valence-corrected chi connectivity index (χ3v) is 4.27. The van der Waals surface area contributed by atoms with Crippen molar-refractivity contribution in [3.63, 3.8) is 0 Å². The minimum Gasteiger partial charge on any atom is -0.497 e. The molecule has 3 aromatic rings. The molecule has 144 valence electrons. The zero-order chi connectivity index (χ0) is 18.5. The highest BCUT2D eigenvalue weighted by Crippen LogP contribution is 2.23. The highest BCUT2D eigenvalue weighted by atomic mass is 35.5. The van der Waals surface area contributed by atoms with Crippen molar-refractivity contribution in [2.75, 3.05) is 13.0 Å². The summed E-state index contributed by atoms with van der Waals surface area (Å²) < 4.78 is 22.7. The van der Waals surface area contributed by atoms with Crippen LogP contribution in [0.5, 0.6) is 5.75 Å². The number of fused-ring (bicyclic) bond motifs is 1. The zero-order valence-corrected chi connectivity index (χ0v) is 16.2. The molecular formula is C19H19Cl2FN2O3. The van der Waals surface area contributed by atoms with Gasteiger partial charge in [0.2, 0.25) is 5.91 Å². The standard InChI is InChI=1S/C19H18ClFN2O3.ClH/c1-25-17-5-4-14-6-13(2-3-15(14)7-17)11-23(19(24)9-20)12-16-8-18(10-21)26-22-16;/h2-8H,9-12H2,1H3;1H. The summed E-state index contributed by atoms with van der Waals surface area (Å²) in [5.41, 5.74) is 1.44. The van der Waals surface area contributed by atoms with Crippen molar-refractivity contribution in [3.8, 4) is 5.75 Å². The maximum atomic E-state index is 12.6. The summed E-state index contributed by atoms with van der Waals surface area (Å²) in [6.45, 7) is -0.161. The van der Waals surface area contributed by atoms with E-state index in [4.69, 9.17) is 20.9 Å². The minimum absolute atomic E-state index is 0. The molecule has 1 aromatic heterocycles. The van der Waals surface area contributed by atoms with Gasteiger partial charge in [0.25, 0.3) is 0 Å². The van der Waals surface area contributed by atoms with Gasteiger partial charge in [-0.25, -0.2) is 4.39 Å². The van der Waals surface area contributed by atoms with Crippen LogP contribution in [0.25, 0.3) is 10.8 Å². The van der Waals surface area contributed by atoms with E-state index in [1.165, 1.54) is 6.07 Å². The first-order valence-electron chi connectivity index (χ1n) is 8.04. The summed E-state index contributed by atoms with van der Waals surface area (Å²) in [5, 5.41) is 5.88. The van der Waals surface area contributed by atoms with Crippen LogP contribution in [0.1, 0.15) is 17.0 Å². The topological polar surface area (TPSA) is 55.6 Å². The van der Waals surface area contributed by atoms with Crippen molar-refractivity contribution >= 4 is 40.7 Å². The monoisotopic (exact) mass is 412 g/mol. The number of hydrogen-bond acceptors (Lipinski definition) is 4. The number of carbonyl (C=O) groups is 1. The van der Waals surface area contributed by atoms with Crippen LogP contribution < -0.4 is 4.74 Å². The quantitative estimate of drug-likeness (QED) is 0.536. The number of hydrogen-bond donors (Lipinski definition) is 0. The Balaban J connectivity index is 0.00000261. The lowest BCUT2D eigenvalue weighted by Gasteiger charge is -2.21. The third-order valence-electron chi connectivity index (χ3n) is 4.04. The molecule has 0 aliphatic heterocycles. The van der Waals surface area contributed by atoms with E-state index in [-0.39, 0.29) is 36.5 Å². The number of benzene rings is 2. The molecule has 0 aliphatic carbocycles. The second-order valence-electron chi connectivity index (χ2n) is 5.85. The summed E-state index contributed by atoms with van der Waals surface area (Å²) >= 11 is 5.73. The summed E-state index contributed by atoms with van der Waals surface area (Å²) in [6, 6.07) is 13.3. The van der Waals surface area contributed by atoms with Crippen LogP contribution in [0.2, 0.25) is 0 Å². The molecule has 0 saturated carbocycles. The van der Waals surface area contributed by atoms with Crippen molar-refractivity contribution in [2.45, 2.75) is 19.8 Å². The number of methoxy groups -OCH3 is 1. The van der Waals surface area contributed by atoms with E-state index in [1.807, 2.05) is 36.4 Å². The summed E-state index contributed by atoms with van der Waals surface area (Å²) in [5.74, 6) is 0.557. The molecule has 3 rings (SSSR count). The van der Waals surface area contributed by atoms with E-state index < -0.39 is 6.67 Å². The molecular weight excluding hydrogens is 394 g/mol. The summed E-state index contributed by atoms with van der Waals surface area (Å²) in [4.78, 5) is 13.8. The van der Waals surface area contributed by atoms with Gasteiger partial charge in [-0.3, -0.25) is 4.79 Å². The number of halogens is 3. The first kappa shape index (κ1) is 21.0. The molecule has 1 amide bonds. The number of carbonyl (C=O) groups excluding carboxylic acids is 1. The number of rotatable bonds is 7. The molecule has 27 heavy (non-hydrogen) atoms. The molecule has 0 N–H and O–H groups in total. The van der Waals surface area contributed by atoms with Crippen molar-refractivity contribution in [1.29, 1.82) is 0 Å². The van der Waals surface area contributed by atoms with E-state index in [2.05, 4.69) is 5.16 Å². The fourth-order valence-electron chi connectivity index (χ4n) is 2.72. The molecule has 1 heterocycles. The Morgan fingerprint density at radius 1 is 1.19 bits per heavy atom. The maximum Gasteiger partial charge on any atom is 0.238 e. The van der Waals surface area contributed by atoms with Crippen molar-refractivity contribution < 1.29 is 18.4 Å². The van der Waals surface area contributed by atoms with Gasteiger partial charge >= 0.3 is 0 Å². The SMILES string of the molecule is COc1ccc2cc(CN(Cc3cc(CF)on3)C(=O)CCl)ccc2c1.Cl. The van der Waals surface area contributed by atoms with Crippen LogP contribution in [0.15, 0.2) is 47.0 Å². The van der Waals surface area contributed by atoms with Gasteiger partial charge in [-0.1, -0.05) is 23.4 Å². The lowest BCUT2D eigenvalue weighted by molar-refractivity contribution is -0.129. The molecule has 0 fully saturated rings. The predicted octanol–water partition coefficient (Wildman–Crippen LogP) is 4.50. The Morgan fingerprint density at radius 3 is 2.59 bits per heavy atom. The number of nitrogens with zero attached hydrogens (tertiary/aromatic N) is 2. The van der Waals surface area contributed by atoms with Crippen molar-refractivity contribution in [3.05, 3.63) is 59.5 Å². The van der Waals surface area contributed by atoms with E-state index in [9.17, 15) is 9.18 Å². The molecule has 0 aliphatic rings. The second kappa shape index (κ2) is 9.58. The van der Waals surface area contributed by atoms with Crippen LogP contribution in [0.3, 0.4) is 0 Å². The molecule has 8 heteroatoms. The average Bonchev–Trinajstić information content (AvgIpc) is 3.14. The van der Waals surface area contributed by atoms with Crippen LogP contribution in [0.4, 0.5) is 4.39 Å². The van der Waals surface area contributed by atoms with Gasteiger partial charge in [-0.05, 0) is 34.5 Å². The van der Waals surface area contributed by atoms with E-state index >= 15 is 0 Å². The normalized spacial score (nSPS) is 10.5. The molecule has 0 radical (unpaired) electrons. The molecule has 5 nitrogen and oxygen atoms in total. The minimum atomic E-state index is -0.732. The van der Waals surface area contributed by atoms with Gasteiger partial charge in [0, 0.05) is 12.6 Å². The molecule has 0 unspecified atom stereocenters. The first-order valence-corrected chi connectivity index (χ1v) is 8.57. The first-order chi connectivity index (χ1) is 12.6. The Kier molecular flexibility index (Phi) is 7.45. The Labute approximate surface area is 167 Å². The second-order valence-corrected chi connectivity index (χ2v) is 6.12. The number of amides is 1. The fourth-order valence-corrected chi connectivity index (χ4v) is 2.89. The third kappa shape index (κ3) is 5.11. The van der Waals surface area contributed by atoms with E-state index in [0.717, 1.165) is 22.1 Å². The number of alkyl halides is 2. The summed E-state index contributed by atoms with van der Waals surface area (Å²) in [7, 11) is 1.63. The Bertz CT molecular complexity index is 917. The largest absolute Gasteiger partial charge is 0.497 e. The van der Waals surface area contributed by atoms with Gasteiger partial charge in [0.1, 0.15) is 24.0 Å². The Morgan fingerprint density at radius 2 is 1.93 bits per heavy atom. The lowest BCUT2D eigenvalue weighted by Crippen LogP contribution is -2.31. The average molecular weight is 413 g/mol. The molecule has 0 spiro atoms. The van der Waals surface area contributed by atoms with E-state index in [0.29, 0.717) is 12.2 Å². The zero-order valence-electron chi connectivity index (χ0n) is 14.7. The Hall–Kier alpha value is -2.31. The van der Waals surface area contributed by atoms with Crippen molar-refractivity contribution in [2.24, 2.45) is 0 Å². The molecule has 0 saturated heterocycles. The maximum absolute atomic E-state index is 12.6. The lowest BCUT2D eigenvalue weighted by atomic mass is 10.1. The van der Waals surface area contributed by atoms with Crippen LogP contribution in [0, 0.1) is 0 Å². The van der Waals surface area contributed by atoms with E-state index in [1.54, 1.807) is 12.0 Å². The molecule has 2 aromatic carbocycles.